The second kappa shape index (κ2) is 2.28. The third-order valence-corrected chi connectivity index (χ3v) is 2.20. The number of rotatable bonds is 1. The van der Waals surface area contributed by atoms with Crippen molar-refractivity contribution in [3.63, 3.8) is 0 Å². The van der Waals surface area contributed by atoms with Crippen molar-refractivity contribution < 1.29 is 0 Å². The molecule has 1 atom stereocenters. The molecule has 1 aliphatic rings. The monoisotopic (exact) mass is 131 g/mol. The highest BCUT2D eigenvalue weighted by Gasteiger charge is 2.25. The van der Waals surface area contributed by atoms with Crippen molar-refractivity contribution in [3.8, 4) is 0 Å². The van der Waals surface area contributed by atoms with Crippen molar-refractivity contribution in [1.29, 1.82) is 0 Å². The Bertz CT molecular complexity index is 76.6. The average Bonchev–Trinajstić information content (AvgIpc) is 1.57. The second-order valence-electron chi connectivity index (χ2n) is 2.72. The summed E-state index contributed by atoms with van der Waals surface area (Å²) in [6.45, 7) is 4.65. The maximum absolute atomic E-state index is 4.34. The summed E-state index contributed by atoms with van der Waals surface area (Å²) in [5.74, 6) is 0.850. The zero-order valence-corrected chi connectivity index (χ0v) is 6.36. The van der Waals surface area contributed by atoms with Crippen LogP contribution in [0, 0.1) is 5.92 Å². The molecule has 48 valence electrons. The molecule has 0 amide bonds. The van der Waals surface area contributed by atoms with Crippen LogP contribution in [0.3, 0.4) is 0 Å². The van der Waals surface area contributed by atoms with Gasteiger partial charge in [-0.05, 0) is 13.0 Å². The molecule has 0 aromatic rings. The van der Waals surface area contributed by atoms with Crippen molar-refractivity contribution in [2.24, 2.45) is 5.92 Å². The lowest BCUT2D eigenvalue weighted by Gasteiger charge is -2.38. The standard InChI is InChI=1S/C6H13NS/c1-5(8)6-3-7(2)4-6/h5-6,8H,3-4H2,1-2H3/t5-/m0/s1. The zero-order chi connectivity index (χ0) is 6.15. The molecule has 0 aromatic heterocycles. The molecule has 0 unspecified atom stereocenters. The van der Waals surface area contributed by atoms with Crippen LogP contribution < -0.4 is 0 Å². The summed E-state index contributed by atoms with van der Waals surface area (Å²) < 4.78 is 0. The maximum Gasteiger partial charge on any atom is 0.00411 e. The molecule has 0 spiro atoms. The van der Waals surface area contributed by atoms with Gasteiger partial charge in [0.2, 0.25) is 0 Å². The van der Waals surface area contributed by atoms with Crippen molar-refractivity contribution >= 4 is 12.6 Å². The molecule has 1 aliphatic heterocycles. The van der Waals surface area contributed by atoms with Gasteiger partial charge in [0.25, 0.3) is 0 Å². The van der Waals surface area contributed by atoms with E-state index in [0.29, 0.717) is 5.25 Å². The fourth-order valence-corrected chi connectivity index (χ4v) is 1.24. The summed E-state index contributed by atoms with van der Waals surface area (Å²) >= 11 is 4.34. The van der Waals surface area contributed by atoms with Crippen LogP contribution in [0.2, 0.25) is 0 Å². The number of hydrogen-bond acceptors (Lipinski definition) is 2. The third-order valence-electron chi connectivity index (χ3n) is 1.77. The van der Waals surface area contributed by atoms with Crippen LogP contribution in [-0.2, 0) is 0 Å². The van der Waals surface area contributed by atoms with E-state index in [1.165, 1.54) is 13.1 Å². The highest BCUT2D eigenvalue weighted by Crippen LogP contribution is 2.19. The van der Waals surface area contributed by atoms with E-state index in [-0.39, 0.29) is 0 Å². The molecule has 0 aromatic carbocycles. The summed E-state index contributed by atoms with van der Waals surface area (Å²) in [4.78, 5) is 2.32. The Balaban J connectivity index is 2.15. The van der Waals surface area contributed by atoms with E-state index in [1.807, 2.05) is 0 Å². The highest BCUT2D eigenvalue weighted by atomic mass is 32.1. The van der Waals surface area contributed by atoms with Gasteiger partial charge in [-0.15, -0.1) is 0 Å². The van der Waals surface area contributed by atoms with Gasteiger partial charge in [-0.25, -0.2) is 0 Å². The predicted octanol–water partition coefficient (Wildman–Crippen LogP) is 0.866. The van der Waals surface area contributed by atoms with Crippen LogP contribution in [0.25, 0.3) is 0 Å². The lowest BCUT2D eigenvalue weighted by Crippen LogP contribution is -2.47. The topological polar surface area (TPSA) is 3.24 Å². The minimum Gasteiger partial charge on any atom is -0.306 e. The van der Waals surface area contributed by atoms with E-state index >= 15 is 0 Å². The molecule has 1 heterocycles. The molecule has 0 N–H and O–H groups in total. The normalized spacial score (nSPS) is 27.4. The van der Waals surface area contributed by atoms with E-state index in [9.17, 15) is 0 Å². The predicted molar refractivity (Wildman–Crippen MR) is 39.4 cm³/mol. The Morgan fingerprint density at radius 3 is 2.25 bits per heavy atom. The lowest BCUT2D eigenvalue weighted by molar-refractivity contribution is 0.136. The molecular formula is C6H13NS. The molecule has 0 saturated carbocycles. The lowest BCUT2D eigenvalue weighted by atomic mass is 9.98. The molecule has 0 aliphatic carbocycles. The maximum atomic E-state index is 4.34. The number of hydrogen-bond donors (Lipinski definition) is 1. The Hall–Kier alpha value is 0.310. The van der Waals surface area contributed by atoms with Gasteiger partial charge < -0.3 is 4.90 Å². The van der Waals surface area contributed by atoms with Crippen LogP contribution in [0.5, 0.6) is 0 Å². The van der Waals surface area contributed by atoms with Gasteiger partial charge in [-0.3, -0.25) is 0 Å². The van der Waals surface area contributed by atoms with Crippen LogP contribution in [0.15, 0.2) is 0 Å². The van der Waals surface area contributed by atoms with Gasteiger partial charge in [0, 0.05) is 18.3 Å². The largest absolute Gasteiger partial charge is 0.306 e. The fourth-order valence-electron chi connectivity index (χ4n) is 1.05. The molecule has 1 nitrogen and oxygen atoms in total. The Morgan fingerprint density at radius 2 is 2.12 bits per heavy atom. The van der Waals surface area contributed by atoms with Gasteiger partial charge in [0.05, 0.1) is 0 Å². The molecular weight excluding hydrogens is 118 g/mol. The summed E-state index contributed by atoms with van der Waals surface area (Å²) in [5, 5.41) is 0.589. The second-order valence-corrected chi connectivity index (χ2v) is 3.54. The van der Waals surface area contributed by atoms with E-state index in [2.05, 4.69) is 31.5 Å². The third kappa shape index (κ3) is 1.17. The van der Waals surface area contributed by atoms with Gasteiger partial charge in [-0.1, -0.05) is 6.92 Å². The first-order valence-corrected chi connectivity index (χ1v) is 3.58. The summed E-state index contributed by atoms with van der Waals surface area (Å²) in [6.07, 6.45) is 0. The first kappa shape index (κ1) is 6.43. The summed E-state index contributed by atoms with van der Waals surface area (Å²) in [5.41, 5.74) is 0. The van der Waals surface area contributed by atoms with E-state index in [1.54, 1.807) is 0 Å². The quantitative estimate of drug-likeness (QED) is 0.517. The SMILES string of the molecule is C[C@H](S)C1CN(C)C1. The van der Waals surface area contributed by atoms with Crippen LogP contribution in [0.1, 0.15) is 6.92 Å². The van der Waals surface area contributed by atoms with E-state index in [0.717, 1.165) is 5.92 Å². The Morgan fingerprint density at radius 1 is 1.62 bits per heavy atom. The van der Waals surface area contributed by atoms with Crippen LogP contribution in [0.4, 0.5) is 0 Å². The molecule has 1 rings (SSSR count). The molecule has 0 bridgehead atoms. The minimum atomic E-state index is 0.589. The average molecular weight is 131 g/mol. The summed E-state index contributed by atoms with van der Waals surface area (Å²) in [7, 11) is 2.15. The number of nitrogens with zero attached hydrogens (tertiary/aromatic N) is 1. The van der Waals surface area contributed by atoms with Crippen molar-refractivity contribution in [3.05, 3.63) is 0 Å². The van der Waals surface area contributed by atoms with E-state index < -0.39 is 0 Å². The molecule has 1 saturated heterocycles. The minimum absolute atomic E-state index is 0.589. The first-order valence-electron chi connectivity index (χ1n) is 3.07. The van der Waals surface area contributed by atoms with Gasteiger partial charge >= 0.3 is 0 Å². The van der Waals surface area contributed by atoms with Crippen LogP contribution in [-0.4, -0.2) is 30.3 Å². The van der Waals surface area contributed by atoms with Gasteiger partial charge in [0.1, 0.15) is 0 Å². The smallest absolute Gasteiger partial charge is 0.00411 e. The fraction of sp³-hybridized carbons (Fsp3) is 1.00. The molecule has 0 radical (unpaired) electrons. The Labute approximate surface area is 56.5 Å². The number of thiol groups is 1. The van der Waals surface area contributed by atoms with Gasteiger partial charge in [0.15, 0.2) is 0 Å². The van der Waals surface area contributed by atoms with Crippen LogP contribution >= 0.6 is 12.6 Å². The molecule has 1 fully saturated rings. The summed E-state index contributed by atoms with van der Waals surface area (Å²) in [6, 6.07) is 0. The van der Waals surface area contributed by atoms with E-state index in [4.69, 9.17) is 0 Å². The van der Waals surface area contributed by atoms with Crippen molar-refractivity contribution in [2.75, 3.05) is 20.1 Å². The Kier molecular flexibility index (Phi) is 1.83. The van der Waals surface area contributed by atoms with Crippen molar-refractivity contribution in [2.45, 2.75) is 12.2 Å². The first-order chi connectivity index (χ1) is 3.70. The number of likely N-dealkylation sites (tertiary alicyclic amines) is 1. The molecule has 8 heavy (non-hydrogen) atoms. The molecule has 2 heteroatoms. The van der Waals surface area contributed by atoms with Gasteiger partial charge in [-0.2, -0.15) is 12.6 Å². The van der Waals surface area contributed by atoms with Crippen molar-refractivity contribution in [1.82, 2.24) is 4.90 Å². The highest BCUT2D eigenvalue weighted by molar-refractivity contribution is 7.80. The zero-order valence-electron chi connectivity index (χ0n) is 5.46.